The van der Waals surface area contributed by atoms with E-state index in [2.05, 4.69) is 27.9 Å². The molecule has 1 heterocycles. The van der Waals surface area contributed by atoms with E-state index in [0.29, 0.717) is 39.3 Å². The van der Waals surface area contributed by atoms with E-state index in [4.69, 9.17) is 4.74 Å². The fourth-order valence-electron chi connectivity index (χ4n) is 2.27. The van der Waals surface area contributed by atoms with Crippen molar-refractivity contribution in [3.63, 3.8) is 0 Å². The molecule has 120 valence electrons. The number of esters is 1. The highest BCUT2D eigenvalue weighted by Crippen LogP contribution is 2.13. The zero-order valence-electron chi connectivity index (χ0n) is 12.5. The number of piperazine rings is 1. The Morgan fingerprint density at radius 3 is 2.64 bits per heavy atom. The number of ether oxygens (including phenoxy) is 1. The number of anilines is 1. The van der Waals surface area contributed by atoms with E-state index in [1.807, 2.05) is 29.2 Å². The fourth-order valence-corrected chi connectivity index (χ4v) is 2.81. The van der Waals surface area contributed by atoms with Crippen LogP contribution in [0.4, 0.5) is 10.5 Å². The number of rotatable bonds is 4. The molecule has 0 radical (unpaired) electrons. The monoisotopic (exact) mass is 417 g/mol. The average Bonchev–Trinajstić information content (AvgIpc) is 2.48. The second-order valence-corrected chi connectivity index (χ2v) is 6.25. The van der Waals surface area contributed by atoms with Gasteiger partial charge in [0.2, 0.25) is 0 Å². The lowest BCUT2D eigenvalue weighted by Crippen LogP contribution is -2.51. The summed E-state index contributed by atoms with van der Waals surface area (Å²) >= 11 is 2.21. The van der Waals surface area contributed by atoms with Crippen LogP contribution in [0.5, 0.6) is 0 Å². The summed E-state index contributed by atoms with van der Waals surface area (Å²) in [5.74, 6) is -0.209. The van der Waals surface area contributed by atoms with Gasteiger partial charge in [-0.15, -0.1) is 0 Å². The molecular weight excluding hydrogens is 397 g/mol. The summed E-state index contributed by atoms with van der Waals surface area (Å²) in [4.78, 5) is 27.4. The van der Waals surface area contributed by atoms with E-state index in [0.717, 1.165) is 9.26 Å². The molecular formula is C15H20IN3O3. The second kappa shape index (κ2) is 8.33. The van der Waals surface area contributed by atoms with Gasteiger partial charge in [0.25, 0.3) is 0 Å². The predicted molar refractivity (Wildman–Crippen MR) is 92.8 cm³/mol. The van der Waals surface area contributed by atoms with E-state index in [1.54, 1.807) is 11.8 Å². The minimum absolute atomic E-state index is 0.0993. The maximum absolute atomic E-state index is 12.2. The van der Waals surface area contributed by atoms with E-state index in [1.165, 1.54) is 0 Å². The number of carbonyl (C=O) groups excluding carboxylic acids is 2. The normalized spacial score (nSPS) is 15.5. The Kier molecular flexibility index (Phi) is 6.44. The number of urea groups is 1. The first-order valence-electron chi connectivity index (χ1n) is 7.28. The molecule has 1 aromatic carbocycles. The van der Waals surface area contributed by atoms with Crippen molar-refractivity contribution in [2.24, 2.45) is 0 Å². The van der Waals surface area contributed by atoms with Crippen LogP contribution in [0.3, 0.4) is 0 Å². The summed E-state index contributed by atoms with van der Waals surface area (Å²) in [5.41, 5.74) is 0.797. The maximum atomic E-state index is 12.2. The van der Waals surface area contributed by atoms with Crippen LogP contribution in [-0.4, -0.2) is 61.1 Å². The summed E-state index contributed by atoms with van der Waals surface area (Å²) in [6, 6.07) is 7.59. The van der Waals surface area contributed by atoms with Crippen LogP contribution in [0.25, 0.3) is 0 Å². The number of hydrogen-bond acceptors (Lipinski definition) is 4. The fraction of sp³-hybridized carbons (Fsp3) is 0.467. The molecule has 0 atom stereocenters. The van der Waals surface area contributed by atoms with Crippen molar-refractivity contribution in [3.05, 3.63) is 27.8 Å². The van der Waals surface area contributed by atoms with Crippen molar-refractivity contribution in [1.29, 1.82) is 0 Å². The minimum Gasteiger partial charge on any atom is -0.465 e. The van der Waals surface area contributed by atoms with Gasteiger partial charge in [0.1, 0.15) is 0 Å². The molecule has 2 rings (SSSR count). The highest BCUT2D eigenvalue weighted by Gasteiger charge is 2.22. The van der Waals surface area contributed by atoms with Gasteiger partial charge in [0.15, 0.2) is 0 Å². The smallest absolute Gasteiger partial charge is 0.321 e. The molecule has 2 amide bonds. The van der Waals surface area contributed by atoms with Crippen LogP contribution < -0.4 is 5.32 Å². The molecule has 7 heteroatoms. The van der Waals surface area contributed by atoms with Crippen LogP contribution in [0, 0.1) is 3.57 Å². The van der Waals surface area contributed by atoms with Crippen LogP contribution in [-0.2, 0) is 9.53 Å². The topological polar surface area (TPSA) is 61.9 Å². The van der Waals surface area contributed by atoms with E-state index in [-0.39, 0.29) is 12.0 Å². The van der Waals surface area contributed by atoms with Crippen molar-refractivity contribution in [1.82, 2.24) is 9.80 Å². The van der Waals surface area contributed by atoms with Crippen molar-refractivity contribution in [2.45, 2.75) is 6.92 Å². The SMILES string of the molecule is CCOC(=O)CN1CCN(C(=O)Nc2cccc(I)c2)CC1. The molecule has 1 saturated heterocycles. The zero-order valence-corrected chi connectivity index (χ0v) is 14.7. The highest BCUT2D eigenvalue weighted by molar-refractivity contribution is 14.1. The quantitative estimate of drug-likeness (QED) is 0.602. The van der Waals surface area contributed by atoms with Gasteiger partial charge in [-0.1, -0.05) is 6.07 Å². The third-order valence-corrected chi connectivity index (χ3v) is 4.06. The first-order chi connectivity index (χ1) is 10.6. The number of amides is 2. The molecule has 1 fully saturated rings. The molecule has 1 N–H and O–H groups in total. The number of carbonyl (C=O) groups is 2. The number of nitrogens with zero attached hydrogens (tertiary/aromatic N) is 2. The molecule has 1 aliphatic heterocycles. The maximum Gasteiger partial charge on any atom is 0.321 e. The number of halogens is 1. The lowest BCUT2D eigenvalue weighted by molar-refractivity contribution is -0.144. The van der Waals surface area contributed by atoms with Crippen LogP contribution in [0.2, 0.25) is 0 Å². The number of nitrogens with one attached hydrogen (secondary N) is 1. The van der Waals surface area contributed by atoms with Gasteiger partial charge in [-0.3, -0.25) is 9.69 Å². The molecule has 1 aromatic rings. The van der Waals surface area contributed by atoms with E-state index >= 15 is 0 Å². The predicted octanol–water partition coefficient (Wildman–Crippen LogP) is 2.00. The molecule has 0 aliphatic carbocycles. The van der Waals surface area contributed by atoms with Gasteiger partial charge >= 0.3 is 12.0 Å². The van der Waals surface area contributed by atoms with E-state index in [9.17, 15) is 9.59 Å². The van der Waals surface area contributed by atoms with Crippen molar-refractivity contribution in [2.75, 3.05) is 44.6 Å². The largest absolute Gasteiger partial charge is 0.465 e. The molecule has 1 aliphatic rings. The Hall–Kier alpha value is -1.35. The Balaban J connectivity index is 1.78. The van der Waals surface area contributed by atoms with Crippen LogP contribution in [0.15, 0.2) is 24.3 Å². The summed E-state index contributed by atoms with van der Waals surface area (Å²) in [7, 11) is 0. The van der Waals surface area contributed by atoms with Gasteiger partial charge in [-0.25, -0.2) is 4.79 Å². The second-order valence-electron chi connectivity index (χ2n) is 5.01. The first kappa shape index (κ1) is 17.0. The molecule has 0 saturated carbocycles. The third-order valence-electron chi connectivity index (χ3n) is 3.39. The minimum atomic E-state index is -0.209. The van der Waals surface area contributed by atoms with Gasteiger partial charge in [0.05, 0.1) is 13.2 Å². The molecule has 22 heavy (non-hydrogen) atoms. The molecule has 0 aromatic heterocycles. The van der Waals surface area contributed by atoms with Crippen molar-refractivity contribution in [3.8, 4) is 0 Å². The summed E-state index contributed by atoms with van der Waals surface area (Å²) < 4.78 is 6.01. The van der Waals surface area contributed by atoms with Gasteiger partial charge in [-0.05, 0) is 47.7 Å². The summed E-state index contributed by atoms with van der Waals surface area (Å²) in [6.45, 7) is 5.06. The molecule has 0 spiro atoms. The lowest BCUT2D eigenvalue weighted by atomic mass is 10.3. The first-order valence-corrected chi connectivity index (χ1v) is 8.36. The van der Waals surface area contributed by atoms with Gasteiger partial charge in [0, 0.05) is 35.4 Å². The number of benzene rings is 1. The van der Waals surface area contributed by atoms with E-state index < -0.39 is 0 Å². The number of hydrogen-bond donors (Lipinski definition) is 1. The Morgan fingerprint density at radius 1 is 1.27 bits per heavy atom. The van der Waals surface area contributed by atoms with Gasteiger partial charge in [-0.2, -0.15) is 0 Å². The third kappa shape index (κ3) is 5.13. The molecule has 0 unspecified atom stereocenters. The Bertz CT molecular complexity index is 531. The molecule has 6 nitrogen and oxygen atoms in total. The molecule has 0 bridgehead atoms. The van der Waals surface area contributed by atoms with Gasteiger partial charge < -0.3 is 15.0 Å². The summed E-state index contributed by atoms with van der Waals surface area (Å²) in [5, 5.41) is 2.90. The lowest BCUT2D eigenvalue weighted by Gasteiger charge is -2.34. The summed E-state index contributed by atoms with van der Waals surface area (Å²) in [6.07, 6.45) is 0. The Labute approximate surface area is 143 Å². The highest BCUT2D eigenvalue weighted by atomic mass is 127. The average molecular weight is 417 g/mol. The van der Waals surface area contributed by atoms with Crippen molar-refractivity contribution >= 4 is 40.3 Å². The van der Waals surface area contributed by atoms with Crippen LogP contribution in [0.1, 0.15) is 6.92 Å². The zero-order chi connectivity index (χ0) is 15.9. The van der Waals surface area contributed by atoms with Crippen LogP contribution >= 0.6 is 22.6 Å². The standard InChI is InChI=1S/C15H20IN3O3/c1-2-22-14(20)11-18-6-8-19(9-7-18)15(21)17-13-5-3-4-12(16)10-13/h3-5,10H,2,6-9,11H2,1H3,(H,17,21). The Morgan fingerprint density at radius 2 is 2.00 bits per heavy atom. The van der Waals surface area contributed by atoms with Crippen molar-refractivity contribution < 1.29 is 14.3 Å².